The number of rotatable bonds is 6. The van der Waals surface area contributed by atoms with Gasteiger partial charge in [0.1, 0.15) is 11.5 Å². The highest BCUT2D eigenvalue weighted by Gasteiger charge is 2.46. The highest BCUT2D eigenvalue weighted by atomic mass is 35.5. The van der Waals surface area contributed by atoms with Crippen molar-refractivity contribution >= 4 is 29.1 Å². The summed E-state index contributed by atoms with van der Waals surface area (Å²) >= 11 is 6.18. The Labute approximate surface area is 174 Å². The number of likely N-dealkylation sites (tertiary alicyclic amines) is 1. The minimum Gasteiger partial charge on any atom is -0.507 e. The summed E-state index contributed by atoms with van der Waals surface area (Å²) in [5.41, 5.74) is 1.08. The predicted octanol–water partition coefficient (Wildman–Crippen LogP) is 1.31. The van der Waals surface area contributed by atoms with Gasteiger partial charge in [0, 0.05) is 18.0 Å². The predicted molar refractivity (Wildman–Crippen MR) is 109 cm³/mol. The third-order valence-electron chi connectivity index (χ3n) is 4.84. The Morgan fingerprint density at radius 1 is 1.24 bits per heavy atom. The van der Waals surface area contributed by atoms with E-state index >= 15 is 0 Å². The van der Waals surface area contributed by atoms with E-state index in [1.54, 1.807) is 36.7 Å². The second-order valence-electron chi connectivity index (χ2n) is 7.08. The summed E-state index contributed by atoms with van der Waals surface area (Å²) in [5, 5.41) is 11.3. The highest BCUT2D eigenvalue weighted by molar-refractivity contribution is 6.46. The molecule has 0 bridgehead atoms. The Morgan fingerprint density at radius 3 is 2.52 bits per heavy atom. The van der Waals surface area contributed by atoms with Gasteiger partial charge in [-0.1, -0.05) is 11.6 Å². The molecule has 8 heteroatoms. The largest absolute Gasteiger partial charge is 0.507 e. The normalized spacial score (nSPS) is 18.5. The van der Waals surface area contributed by atoms with Crippen molar-refractivity contribution in [2.24, 2.45) is 0 Å². The number of nitrogens with zero attached hydrogens (tertiary/aromatic N) is 2. The molecule has 0 aliphatic carbocycles. The molecule has 1 aliphatic heterocycles. The number of likely N-dealkylation sites (N-methyl/N-ethyl adjacent to an activating group) is 1. The van der Waals surface area contributed by atoms with Crippen LogP contribution in [0, 0.1) is 0 Å². The lowest BCUT2D eigenvalue weighted by molar-refractivity contribution is -0.857. The number of aliphatic hydroxyl groups excluding tert-OH is 1. The molecule has 2 N–H and O–H groups in total. The van der Waals surface area contributed by atoms with E-state index in [-0.39, 0.29) is 11.3 Å². The summed E-state index contributed by atoms with van der Waals surface area (Å²) in [6.07, 6.45) is 3.19. The Hall–Kier alpha value is -2.90. The second kappa shape index (κ2) is 8.63. The number of ether oxygens (including phenoxy) is 1. The van der Waals surface area contributed by atoms with Crippen molar-refractivity contribution in [2.75, 3.05) is 34.3 Å². The van der Waals surface area contributed by atoms with Gasteiger partial charge in [0.05, 0.1) is 50.9 Å². The molecule has 1 aromatic heterocycles. The zero-order valence-corrected chi connectivity index (χ0v) is 17.2. The van der Waals surface area contributed by atoms with Gasteiger partial charge in [0.15, 0.2) is 0 Å². The number of benzene rings is 1. The van der Waals surface area contributed by atoms with Crippen LogP contribution in [0.3, 0.4) is 0 Å². The maximum Gasteiger partial charge on any atom is 0.295 e. The fraction of sp³-hybridized carbons (Fsp3) is 0.286. The summed E-state index contributed by atoms with van der Waals surface area (Å²) in [4.78, 5) is 32.3. The first kappa shape index (κ1) is 20.8. The lowest BCUT2D eigenvalue weighted by atomic mass is 9.96. The first-order valence-electron chi connectivity index (χ1n) is 9.16. The van der Waals surface area contributed by atoms with Crippen LogP contribution in [0.1, 0.15) is 17.2 Å². The minimum absolute atomic E-state index is 0.0381. The molecular formula is C21H23ClN3O4+. The Bertz CT molecular complexity index is 960. The van der Waals surface area contributed by atoms with Crippen molar-refractivity contribution in [3.63, 3.8) is 0 Å². The summed E-state index contributed by atoms with van der Waals surface area (Å²) in [5.74, 6) is -1.17. The Morgan fingerprint density at radius 2 is 1.93 bits per heavy atom. The van der Waals surface area contributed by atoms with Crippen LogP contribution in [0.25, 0.3) is 5.76 Å². The molecule has 29 heavy (non-hydrogen) atoms. The molecule has 1 amide bonds. The molecule has 1 aliphatic rings. The first-order chi connectivity index (χ1) is 13.8. The third kappa shape index (κ3) is 4.11. The van der Waals surface area contributed by atoms with Gasteiger partial charge in [-0.3, -0.25) is 14.6 Å². The van der Waals surface area contributed by atoms with Crippen LogP contribution in [0.15, 0.2) is 48.3 Å². The van der Waals surface area contributed by atoms with E-state index in [0.29, 0.717) is 35.0 Å². The van der Waals surface area contributed by atoms with Crippen molar-refractivity contribution in [1.29, 1.82) is 0 Å². The zero-order chi connectivity index (χ0) is 21.1. The second-order valence-corrected chi connectivity index (χ2v) is 7.49. The van der Waals surface area contributed by atoms with Gasteiger partial charge in [-0.2, -0.15) is 0 Å². The number of methoxy groups -OCH3 is 1. The number of quaternary nitrogens is 1. The lowest BCUT2D eigenvalue weighted by Gasteiger charge is -2.25. The van der Waals surface area contributed by atoms with Gasteiger partial charge in [0.25, 0.3) is 11.7 Å². The van der Waals surface area contributed by atoms with Crippen molar-refractivity contribution in [3.05, 3.63) is 64.4 Å². The van der Waals surface area contributed by atoms with E-state index in [4.69, 9.17) is 16.3 Å². The van der Waals surface area contributed by atoms with E-state index < -0.39 is 17.7 Å². The molecule has 7 nitrogen and oxygen atoms in total. The maximum atomic E-state index is 12.9. The van der Waals surface area contributed by atoms with E-state index in [2.05, 4.69) is 4.98 Å². The SMILES string of the molecule is COc1ccc(C(O)=C2C(=O)C(=O)N(CC[NH+](C)C)[C@@H]2c2ccncc2)cc1Cl. The number of hydrogen-bond donors (Lipinski definition) is 2. The van der Waals surface area contributed by atoms with E-state index in [1.807, 2.05) is 14.1 Å². The number of amides is 1. The number of carbonyl (C=O) groups is 2. The summed E-state index contributed by atoms with van der Waals surface area (Å²) in [6, 6.07) is 7.49. The minimum atomic E-state index is -0.718. The Kier molecular flexibility index (Phi) is 6.20. The number of halogens is 1. The van der Waals surface area contributed by atoms with Gasteiger partial charge in [-0.05, 0) is 35.9 Å². The lowest BCUT2D eigenvalue weighted by Crippen LogP contribution is -3.06. The van der Waals surface area contributed by atoms with E-state index in [9.17, 15) is 14.7 Å². The fourth-order valence-corrected chi connectivity index (χ4v) is 3.57. The van der Waals surface area contributed by atoms with Crippen LogP contribution in [0.2, 0.25) is 5.02 Å². The zero-order valence-electron chi connectivity index (χ0n) is 16.5. The topological polar surface area (TPSA) is 84.2 Å². The van der Waals surface area contributed by atoms with Crippen LogP contribution < -0.4 is 9.64 Å². The molecular weight excluding hydrogens is 394 g/mol. The fourth-order valence-electron chi connectivity index (χ4n) is 3.32. The smallest absolute Gasteiger partial charge is 0.295 e. The first-order valence-corrected chi connectivity index (χ1v) is 9.54. The summed E-state index contributed by atoms with van der Waals surface area (Å²) < 4.78 is 5.14. The molecule has 0 spiro atoms. The molecule has 152 valence electrons. The number of carbonyl (C=O) groups excluding carboxylic acids is 2. The van der Waals surface area contributed by atoms with Gasteiger partial charge < -0.3 is 19.6 Å². The molecule has 0 unspecified atom stereocenters. The van der Waals surface area contributed by atoms with Crippen LogP contribution in [-0.4, -0.2) is 61.0 Å². The standard InChI is InChI=1S/C21H22ClN3O4/c1-24(2)10-11-25-18(13-6-8-23-9-7-13)17(20(27)21(25)28)19(26)14-4-5-16(29-3)15(22)12-14/h4-9,12,18,26H,10-11H2,1-3H3/p+1/t18-/m1/s1. The maximum absolute atomic E-state index is 12.9. The third-order valence-corrected chi connectivity index (χ3v) is 5.14. The number of nitrogens with one attached hydrogen (secondary N) is 1. The van der Waals surface area contributed by atoms with Gasteiger partial charge >= 0.3 is 0 Å². The van der Waals surface area contributed by atoms with Crippen LogP contribution in [0.4, 0.5) is 0 Å². The van der Waals surface area contributed by atoms with Crippen LogP contribution >= 0.6 is 11.6 Å². The molecule has 1 saturated heterocycles. The van der Waals surface area contributed by atoms with Crippen LogP contribution in [-0.2, 0) is 9.59 Å². The average Bonchev–Trinajstić information content (AvgIpc) is 2.97. The summed E-state index contributed by atoms with van der Waals surface area (Å²) in [6.45, 7) is 1.03. The molecule has 2 heterocycles. The van der Waals surface area contributed by atoms with Gasteiger partial charge in [0.2, 0.25) is 0 Å². The van der Waals surface area contributed by atoms with Crippen molar-refractivity contribution < 1.29 is 24.3 Å². The number of Topliss-reactive ketones (excluding diaryl/α,β-unsaturated/α-hetero) is 1. The molecule has 0 radical (unpaired) electrons. The molecule has 1 aromatic carbocycles. The number of ketones is 1. The van der Waals surface area contributed by atoms with E-state index in [1.165, 1.54) is 18.1 Å². The number of hydrogen-bond acceptors (Lipinski definition) is 5. The number of aliphatic hydroxyl groups is 1. The molecule has 1 fully saturated rings. The van der Waals surface area contributed by atoms with Gasteiger partial charge in [-0.15, -0.1) is 0 Å². The van der Waals surface area contributed by atoms with E-state index in [0.717, 1.165) is 4.90 Å². The van der Waals surface area contributed by atoms with Gasteiger partial charge in [-0.25, -0.2) is 0 Å². The quantitative estimate of drug-likeness (QED) is 0.421. The molecule has 0 saturated carbocycles. The van der Waals surface area contributed by atoms with Crippen molar-refractivity contribution in [1.82, 2.24) is 9.88 Å². The van der Waals surface area contributed by atoms with Crippen LogP contribution in [0.5, 0.6) is 5.75 Å². The molecule has 2 aromatic rings. The Balaban J connectivity index is 2.13. The molecule has 3 rings (SSSR count). The van der Waals surface area contributed by atoms with Crippen molar-refractivity contribution in [2.45, 2.75) is 6.04 Å². The summed E-state index contributed by atoms with van der Waals surface area (Å²) in [7, 11) is 5.43. The number of pyridine rings is 1. The highest BCUT2D eigenvalue weighted by Crippen LogP contribution is 2.39. The number of aromatic nitrogens is 1. The van der Waals surface area contributed by atoms with Crippen molar-refractivity contribution in [3.8, 4) is 5.75 Å². The molecule has 1 atom stereocenters. The average molecular weight is 417 g/mol. The monoisotopic (exact) mass is 416 g/mol.